The number of hydrogen-bond donors (Lipinski definition) is 1. The summed E-state index contributed by atoms with van der Waals surface area (Å²) >= 11 is 0. The Labute approximate surface area is 114 Å². The quantitative estimate of drug-likeness (QED) is 0.909. The van der Waals surface area contributed by atoms with Crippen LogP contribution >= 0.6 is 0 Å². The number of benzene rings is 1. The molecule has 2 atom stereocenters. The molecule has 0 saturated carbocycles. The summed E-state index contributed by atoms with van der Waals surface area (Å²) in [5.41, 5.74) is 2.59. The molecule has 19 heavy (non-hydrogen) atoms. The van der Waals surface area contributed by atoms with E-state index in [0.717, 1.165) is 17.7 Å². The second-order valence-corrected chi connectivity index (χ2v) is 5.00. The van der Waals surface area contributed by atoms with Gasteiger partial charge in [0.15, 0.2) is 0 Å². The van der Waals surface area contributed by atoms with E-state index in [9.17, 15) is 4.39 Å². The monoisotopic (exact) mass is 267 g/mol. The lowest BCUT2D eigenvalue weighted by molar-refractivity contribution is -0.102. The maximum absolute atomic E-state index is 14.3. The summed E-state index contributed by atoms with van der Waals surface area (Å²) in [7, 11) is 0. The first-order valence-electron chi connectivity index (χ1n) is 6.83. The number of aryl methyl sites for hydroxylation is 2. The van der Waals surface area contributed by atoms with Gasteiger partial charge in [-0.1, -0.05) is 13.0 Å². The molecule has 1 aliphatic rings. The molecule has 1 heterocycles. The molecule has 0 aromatic heterocycles. The fraction of sp³-hybridized carbons (Fsp3) is 0.600. The molecule has 4 heteroatoms. The Morgan fingerprint density at radius 1 is 1.37 bits per heavy atom. The van der Waals surface area contributed by atoms with E-state index in [1.165, 1.54) is 0 Å². The third-order valence-electron chi connectivity index (χ3n) is 3.43. The van der Waals surface area contributed by atoms with Gasteiger partial charge in [-0.3, -0.25) is 0 Å². The van der Waals surface area contributed by atoms with E-state index < -0.39 is 0 Å². The SMILES string of the molecule is CCNC(c1c(C)cc(C)cc1F)C1COCCO1. The molecule has 1 N–H and O–H groups in total. The zero-order valence-corrected chi connectivity index (χ0v) is 11.8. The second kappa shape index (κ2) is 6.46. The Kier molecular flexibility index (Phi) is 4.91. The lowest BCUT2D eigenvalue weighted by Crippen LogP contribution is -2.41. The molecule has 0 amide bonds. The predicted octanol–water partition coefficient (Wildman–Crippen LogP) is 2.51. The minimum Gasteiger partial charge on any atom is -0.376 e. The zero-order valence-electron chi connectivity index (χ0n) is 11.8. The first-order chi connectivity index (χ1) is 9.13. The minimum absolute atomic E-state index is 0.135. The lowest BCUT2D eigenvalue weighted by Gasteiger charge is -2.32. The van der Waals surface area contributed by atoms with E-state index in [4.69, 9.17) is 9.47 Å². The van der Waals surface area contributed by atoms with Crippen molar-refractivity contribution in [1.29, 1.82) is 0 Å². The Balaban J connectivity index is 2.32. The van der Waals surface area contributed by atoms with Gasteiger partial charge in [-0.25, -0.2) is 4.39 Å². The summed E-state index contributed by atoms with van der Waals surface area (Å²) < 4.78 is 25.5. The number of nitrogens with one attached hydrogen (secondary N) is 1. The van der Waals surface area contributed by atoms with Gasteiger partial charge in [0.1, 0.15) is 11.9 Å². The number of ether oxygens (including phenoxy) is 2. The van der Waals surface area contributed by atoms with Crippen LogP contribution in [-0.2, 0) is 9.47 Å². The van der Waals surface area contributed by atoms with Crippen LogP contribution in [0.2, 0.25) is 0 Å². The number of hydrogen-bond acceptors (Lipinski definition) is 3. The van der Waals surface area contributed by atoms with Gasteiger partial charge in [0.05, 0.1) is 25.9 Å². The smallest absolute Gasteiger partial charge is 0.128 e. The first-order valence-corrected chi connectivity index (χ1v) is 6.83. The van der Waals surface area contributed by atoms with E-state index in [0.29, 0.717) is 25.4 Å². The van der Waals surface area contributed by atoms with Crippen LogP contribution in [-0.4, -0.2) is 32.5 Å². The molecule has 1 aromatic rings. The summed E-state index contributed by atoms with van der Waals surface area (Å²) in [6.45, 7) is 8.31. The van der Waals surface area contributed by atoms with Crippen molar-refractivity contribution in [3.05, 3.63) is 34.6 Å². The van der Waals surface area contributed by atoms with Crippen molar-refractivity contribution in [2.45, 2.75) is 32.9 Å². The molecular weight excluding hydrogens is 245 g/mol. The van der Waals surface area contributed by atoms with Gasteiger partial charge < -0.3 is 14.8 Å². The molecule has 0 aliphatic carbocycles. The fourth-order valence-corrected chi connectivity index (χ4v) is 2.66. The predicted molar refractivity (Wildman–Crippen MR) is 72.9 cm³/mol. The summed E-state index contributed by atoms with van der Waals surface area (Å²) in [4.78, 5) is 0. The van der Waals surface area contributed by atoms with Crippen LogP contribution in [0.3, 0.4) is 0 Å². The van der Waals surface area contributed by atoms with Crippen molar-refractivity contribution < 1.29 is 13.9 Å². The van der Waals surface area contributed by atoms with Crippen molar-refractivity contribution in [3.8, 4) is 0 Å². The number of rotatable bonds is 4. The average Bonchev–Trinajstić information content (AvgIpc) is 2.37. The van der Waals surface area contributed by atoms with E-state index in [1.54, 1.807) is 6.07 Å². The highest BCUT2D eigenvalue weighted by Gasteiger charge is 2.29. The molecule has 3 nitrogen and oxygen atoms in total. The van der Waals surface area contributed by atoms with Crippen LogP contribution in [0.15, 0.2) is 12.1 Å². The Bertz CT molecular complexity index is 407. The van der Waals surface area contributed by atoms with Crippen LogP contribution in [0, 0.1) is 19.7 Å². The maximum atomic E-state index is 14.3. The van der Waals surface area contributed by atoms with E-state index in [1.807, 2.05) is 26.8 Å². The Hall–Kier alpha value is -0.970. The van der Waals surface area contributed by atoms with Gasteiger partial charge in [0, 0.05) is 5.56 Å². The van der Waals surface area contributed by atoms with Gasteiger partial charge in [-0.15, -0.1) is 0 Å². The zero-order chi connectivity index (χ0) is 13.8. The van der Waals surface area contributed by atoms with Crippen molar-refractivity contribution in [2.24, 2.45) is 0 Å². The van der Waals surface area contributed by atoms with Crippen molar-refractivity contribution in [3.63, 3.8) is 0 Å². The first kappa shape index (κ1) is 14.4. The van der Waals surface area contributed by atoms with Crippen molar-refractivity contribution >= 4 is 0 Å². The third kappa shape index (κ3) is 3.32. The van der Waals surface area contributed by atoms with Crippen LogP contribution in [0.1, 0.15) is 29.7 Å². The van der Waals surface area contributed by atoms with Crippen molar-refractivity contribution in [1.82, 2.24) is 5.32 Å². The molecular formula is C15H22FNO2. The van der Waals surface area contributed by atoms with Gasteiger partial charge in [0.25, 0.3) is 0 Å². The maximum Gasteiger partial charge on any atom is 0.128 e. The summed E-state index contributed by atoms with van der Waals surface area (Å²) in [6.07, 6.45) is -0.135. The van der Waals surface area contributed by atoms with Crippen LogP contribution in [0.25, 0.3) is 0 Å². The minimum atomic E-state index is -0.169. The van der Waals surface area contributed by atoms with E-state index in [-0.39, 0.29) is 18.0 Å². The number of likely N-dealkylation sites (N-methyl/N-ethyl adjacent to an activating group) is 1. The van der Waals surface area contributed by atoms with Gasteiger partial charge in [-0.2, -0.15) is 0 Å². The largest absolute Gasteiger partial charge is 0.376 e. The topological polar surface area (TPSA) is 30.5 Å². The van der Waals surface area contributed by atoms with E-state index in [2.05, 4.69) is 5.32 Å². The highest BCUT2D eigenvalue weighted by atomic mass is 19.1. The number of halogens is 1. The lowest BCUT2D eigenvalue weighted by atomic mass is 9.94. The van der Waals surface area contributed by atoms with Crippen LogP contribution in [0.4, 0.5) is 4.39 Å². The molecule has 0 radical (unpaired) electrons. The fourth-order valence-electron chi connectivity index (χ4n) is 2.66. The molecule has 2 unspecified atom stereocenters. The summed E-state index contributed by atoms with van der Waals surface area (Å²) in [5, 5.41) is 3.32. The molecule has 0 bridgehead atoms. The second-order valence-electron chi connectivity index (χ2n) is 5.00. The molecule has 1 fully saturated rings. The van der Waals surface area contributed by atoms with Gasteiger partial charge >= 0.3 is 0 Å². The highest BCUT2D eigenvalue weighted by Crippen LogP contribution is 2.28. The standard InChI is InChI=1S/C15H22FNO2/c1-4-17-15(13-9-18-5-6-19-13)14-11(3)7-10(2)8-12(14)16/h7-8,13,15,17H,4-6,9H2,1-3H3. The van der Waals surface area contributed by atoms with Gasteiger partial charge in [0.2, 0.25) is 0 Å². The van der Waals surface area contributed by atoms with E-state index >= 15 is 0 Å². The molecule has 2 rings (SSSR count). The van der Waals surface area contributed by atoms with Crippen LogP contribution < -0.4 is 5.32 Å². The molecule has 1 aromatic carbocycles. The molecule has 1 saturated heterocycles. The Morgan fingerprint density at radius 3 is 2.74 bits per heavy atom. The summed E-state index contributed by atoms with van der Waals surface area (Å²) in [5.74, 6) is -0.169. The normalized spacial score (nSPS) is 21.4. The third-order valence-corrected chi connectivity index (χ3v) is 3.43. The van der Waals surface area contributed by atoms with Gasteiger partial charge in [-0.05, 0) is 37.6 Å². The van der Waals surface area contributed by atoms with Crippen molar-refractivity contribution in [2.75, 3.05) is 26.4 Å². The van der Waals surface area contributed by atoms with Crippen LogP contribution in [0.5, 0.6) is 0 Å². The average molecular weight is 267 g/mol. The molecule has 106 valence electrons. The molecule has 0 spiro atoms. The highest BCUT2D eigenvalue weighted by molar-refractivity contribution is 5.35. The Morgan fingerprint density at radius 2 is 2.16 bits per heavy atom. The summed E-state index contributed by atoms with van der Waals surface area (Å²) in [6, 6.07) is 3.42. The molecule has 1 aliphatic heterocycles.